The second kappa shape index (κ2) is 4.05. The molecule has 0 aliphatic heterocycles. The predicted octanol–water partition coefficient (Wildman–Crippen LogP) is 0.128. The van der Waals surface area contributed by atoms with Crippen molar-refractivity contribution in [1.29, 1.82) is 0 Å². The highest BCUT2D eigenvalue weighted by Gasteiger charge is 2.13. The minimum atomic E-state index is -0.991. The summed E-state index contributed by atoms with van der Waals surface area (Å²) in [7, 11) is 0. The molecule has 0 spiro atoms. The molecule has 2 aromatic heterocycles. The highest BCUT2D eigenvalue weighted by molar-refractivity contribution is 5.68. The van der Waals surface area contributed by atoms with E-state index in [1.165, 1.54) is 4.68 Å². The number of aryl methyl sites for hydroxylation is 1. The van der Waals surface area contributed by atoms with Crippen molar-refractivity contribution < 1.29 is 9.90 Å². The lowest BCUT2D eigenvalue weighted by molar-refractivity contribution is -0.137. The Morgan fingerprint density at radius 1 is 1.56 bits per heavy atom. The van der Waals surface area contributed by atoms with E-state index < -0.39 is 5.97 Å². The van der Waals surface area contributed by atoms with Crippen LogP contribution in [-0.2, 0) is 11.3 Å². The lowest BCUT2D eigenvalue weighted by Crippen LogP contribution is -2.12. The molecule has 2 aromatic rings. The van der Waals surface area contributed by atoms with Crippen molar-refractivity contribution in [1.82, 2.24) is 25.2 Å². The van der Waals surface area contributed by atoms with Gasteiger partial charge in [0.05, 0.1) is 0 Å². The zero-order valence-corrected chi connectivity index (χ0v) is 8.53. The Bertz CT molecular complexity index is 522. The number of aromatic nitrogens is 5. The quantitative estimate of drug-likeness (QED) is 0.788. The zero-order chi connectivity index (χ0) is 11.5. The third-order valence-corrected chi connectivity index (χ3v) is 2.06. The Morgan fingerprint density at radius 3 is 3.06 bits per heavy atom. The summed E-state index contributed by atoms with van der Waals surface area (Å²) in [6.07, 6.45) is 1.66. The van der Waals surface area contributed by atoms with E-state index in [1.807, 2.05) is 6.92 Å². The molecule has 1 N–H and O–H groups in total. The minimum Gasteiger partial charge on any atom is -0.480 e. The molecule has 7 heteroatoms. The summed E-state index contributed by atoms with van der Waals surface area (Å²) < 4.78 is 1.23. The highest BCUT2D eigenvalue weighted by atomic mass is 16.4. The average Bonchev–Trinajstić information content (AvgIpc) is 2.66. The summed E-state index contributed by atoms with van der Waals surface area (Å²) >= 11 is 0. The van der Waals surface area contributed by atoms with E-state index in [9.17, 15) is 4.79 Å². The predicted molar refractivity (Wildman–Crippen MR) is 53.4 cm³/mol. The third-order valence-electron chi connectivity index (χ3n) is 2.06. The van der Waals surface area contributed by atoms with E-state index in [1.54, 1.807) is 18.3 Å². The standard InChI is InChI=1S/C9H9N5O2/c1-6-7(3-2-4-10-6)9-11-12-13-14(9)5-8(15)16/h2-4H,5H2,1H3,(H,15,16). The zero-order valence-electron chi connectivity index (χ0n) is 8.53. The van der Waals surface area contributed by atoms with Crippen LogP contribution in [0.4, 0.5) is 0 Å². The molecule has 0 atom stereocenters. The summed E-state index contributed by atoms with van der Waals surface area (Å²) in [6.45, 7) is 1.55. The van der Waals surface area contributed by atoms with Crippen LogP contribution in [0.1, 0.15) is 5.69 Å². The number of hydrogen-bond donors (Lipinski definition) is 1. The third kappa shape index (κ3) is 1.88. The molecule has 2 rings (SSSR count). The molecule has 0 unspecified atom stereocenters. The molecule has 2 heterocycles. The van der Waals surface area contributed by atoms with E-state index in [0.717, 1.165) is 11.3 Å². The fourth-order valence-corrected chi connectivity index (χ4v) is 1.35. The lowest BCUT2D eigenvalue weighted by atomic mass is 10.2. The van der Waals surface area contributed by atoms with Gasteiger partial charge in [-0.05, 0) is 29.5 Å². The number of carboxylic acids is 1. The molecule has 0 saturated heterocycles. The van der Waals surface area contributed by atoms with Gasteiger partial charge >= 0.3 is 5.97 Å². The first-order chi connectivity index (χ1) is 7.68. The molecule has 0 bridgehead atoms. The van der Waals surface area contributed by atoms with Gasteiger partial charge in [0.25, 0.3) is 0 Å². The molecular formula is C9H9N5O2. The monoisotopic (exact) mass is 219 g/mol. The van der Waals surface area contributed by atoms with Crippen molar-refractivity contribution in [3.8, 4) is 11.4 Å². The van der Waals surface area contributed by atoms with Crippen molar-refractivity contribution >= 4 is 5.97 Å². The van der Waals surface area contributed by atoms with Crippen molar-refractivity contribution in [2.75, 3.05) is 0 Å². The molecule has 0 aromatic carbocycles. The van der Waals surface area contributed by atoms with Gasteiger partial charge in [-0.15, -0.1) is 5.10 Å². The van der Waals surface area contributed by atoms with Gasteiger partial charge in [0.15, 0.2) is 5.82 Å². The van der Waals surface area contributed by atoms with Gasteiger partial charge in [-0.3, -0.25) is 9.78 Å². The number of rotatable bonds is 3. The maximum absolute atomic E-state index is 10.6. The molecule has 0 saturated carbocycles. The fraction of sp³-hybridized carbons (Fsp3) is 0.222. The summed E-state index contributed by atoms with van der Waals surface area (Å²) in [4.78, 5) is 14.7. The van der Waals surface area contributed by atoms with Crippen molar-refractivity contribution in [2.45, 2.75) is 13.5 Å². The van der Waals surface area contributed by atoms with Gasteiger partial charge in [-0.2, -0.15) is 0 Å². The molecule has 82 valence electrons. The molecule has 0 radical (unpaired) electrons. The first kappa shape index (κ1) is 10.2. The minimum absolute atomic E-state index is 0.267. The van der Waals surface area contributed by atoms with E-state index in [0.29, 0.717) is 5.82 Å². The smallest absolute Gasteiger partial charge is 0.325 e. The summed E-state index contributed by atoms with van der Waals surface area (Å²) in [5.41, 5.74) is 1.48. The largest absolute Gasteiger partial charge is 0.480 e. The number of carbonyl (C=O) groups is 1. The van der Waals surface area contributed by atoms with Gasteiger partial charge in [0.1, 0.15) is 6.54 Å². The molecular weight excluding hydrogens is 210 g/mol. The molecule has 0 aliphatic rings. The lowest BCUT2D eigenvalue weighted by Gasteiger charge is -2.03. The van der Waals surface area contributed by atoms with Crippen LogP contribution in [0.3, 0.4) is 0 Å². The Balaban J connectivity index is 2.45. The molecule has 0 amide bonds. The number of nitrogens with zero attached hydrogens (tertiary/aromatic N) is 5. The normalized spacial score (nSPS) is 10.3. The highest BCUT2D eigenvalue weighted by Crippen LogP contribution is 2.17. The second-order valence-corrected chi connectivity index (χ2v) is 3.19. The first-order valence-corrected chi connectivity index (χ1v) is 4.58. The van der Waals surface area contributed by atoms with Crippen LogP contribution in [0.15, 0.2) is 18.3 Å². The Kier molecular flexibility index (Phi) is 2.59. The van der Waals surface area contributed by atoms with E-state index in [4.69, 9.17) is 5.11 Å². The first-order valence-electron chi connectivity index (χ1n) is 4.58. The van der Waals surface area contributed by atoms with Crippen molar-refractivity contribution in [3.63, 3.8) is 0 Å². The molecule has 7 nitrogen and oxygen atoms in total. The maximum Gasteiger partial charge on any atom is 0.325 e. The Labute approximate surface area is 90.7 Å². The van der Waals surface area contributed by atoms with Crippen LogP contribution in [-0.4, -0.2) is 36.3 Å². The summed E-state index contributed by atoms with van der Waals surface area (Å²) in [5.74, 6) is -0.580. The van der Waals surface area contributed by atoms with Crippen LogP contribution in [0.25, 0.3) is 11.4 Å². The number of pyridine rings is 1. The van der Waals surface area contributed by atoms with Crippen LogP contribution in [0.5, 0.6) is 0 Å². The number of carboxylic acid groups (broad SMARTS) is 1. The van der Waals surface area contributed by atoms with E-state index >= 15 is 0 Å². The van der Waals surface area contributed by atoms with Crippen molar-refractivity contribution in [3.05, 3.63) is 24.0 Å². The van der Waals surface area contributed by atoms with Gasteiger partial charge < -0.3 is 5.11 Å². The number of aliphatic carboxylic acids is 1. The van der Waals surface area contributed by atoms with Gasteiger partial charge in [0, 0.05) is 17.5 Å². The van der Waals surface area contributed by atoms with E-state index in [-0.39, 0.29) is 6.54 Å². The van der Waals surface area contributed by atoms with Crippen LogP contribution < -0.4 is 0 Å². The fourth-order valence-electron chi connectivity index (χ4n) is 1.35. The van der Waals surface area contributed by atoms with Gasteiger partial charge in [0.2, 0.25) is 0 Å². The Morgan fingerprint density at radius 2 is 2.38 bits per heavy atom. The van der Waals surface area contributed by atoms with Gasteiger partial charge in [-0.1, -0.05) is 0 Å². The Hall–Kier alpha value is -2.31. The molecule has 0 aliphatic carbocycles. The maximum atomic E-state index is 10.6. The topological polar surface area (TPSA) is 93.8 Å². The van der Waals surface area contributed by atoms with Crippen LogP contribution in [0, 0.1) is 6.92 Å². The van der Waals surface area contributed by atoms with Crippen molar-refractivity contribution in [2.24, 2.45) is 0 Å². The molecule has 16 heavy (non-hydrogen) atoms. The van der Waals surface area contributed by atoms with E-state index in [2.05, 4.69) is 20.5 Å². The number of tetrazole rings is 1. The number of hydrogen-bond acceptors (Lipinski definition) is 5. The van der Waals surface area contributed by atoms with Gasteiger partial charge in [-0.25, -0.2) is 4.68 Å². The average molecular weight is 219 g/mol. The molecule has 0 fully saturated rings. The second-order valence-electron chi connectivity index (χ2n) is 3.19. The van der Waals surface area contributed by atoms with Crippen LogP contribution >= 0.6 is 0 Å². The summed E-state index contributed by atoms with van der Waals surface area (Å²) in [5, 5.41) is 19.6. The summed E-state index contributed by atoms with van der Waals surface area (Å²) in [6, 6.07) is 3.55. The van der Waals surface area contributed by atoms with Crippen LogP contribution in [0.2, 0.25) is 0 Å². The SMILES string of the molecule is Cc1ncccc1-c1nnnn1CC(=O)O.